The van der Waals surface area contributed by atoms with Gasteiger partial charge in [0.15, 0.2) is 0 Å². The summed E-state index contributed by atoms with van der Waals surface area (Å²) in [6, 6.07) is 6.65. The molecular formula is C15H24O. The molecule has 0 amide bonds. The highest BCUT2D eigenvalue weighted by Crippen LogP contribution is 2.37. The maximum absolute atomic E-state index is 9.19. The summed E-state index contributed by atoms with van der Waals surface area (Å²) in [4.78, 5) is 0. The molecule has 1 rings (SSSR count). The molecule has 1 nitrogen and oxygen atoms in total. The van der Waals surface area contributed by atoms with Gasteiger partial charge >= 0.3 is 0 Å². The summed E-state index contributed by atoms with van der Waals surface area (Å²) in [6.07, 6.45) is 0.839. The fourth-order valence-electron chi connectivity index (χ4n) is 2.21. The number of hydrogen-bond donors (Lipinski definition) is 1. The molecule has 16 heavy (non-hydrogen) atoms. The van der Waals surface area contributed by atoms with Crippen LogP contribution in [0.2, 0.25) is 0 Å². The number of hydrogen-bond acceptors (Lipinski definition) is 1. The maximum Gasteiger partial charge on any atom is 0.0437 e. The predicted molar refractivity (Wildman–Crippen MR) is 69.8 cm³/mol. The third kappa shape index (κ3) is 3.08. The largest absolute Gasteiger partial charge is 0.396 e. The van der Waals surface area contributed by atoms with Crippen LogP contribution in [-0.4, -0.2) is 11.7 Å². The molecule has 0 aromatic heterocycles. The second-order valence-corrected chi connectivity index (χ2v) is 5.77. The molecule has 1 N–H and O–H groups in total. The van der Waals surface area contributed by atoms with Gasteiger partial charge in [-0.25, -0.2) is 0 Å². The van der Waals surface area contributed by atoms with Gasteiger partial charge < -0.3 is 5.11 Å². The summed E-state index contributed by atoms with van der Waals surface area (Å²) < 4.78 is 0. The van der Waals surface area contributed by atoms with Crippen molar-refractivity contribution in [1.29, 1.82) is 0 Å². The zero-order valence-electron chi connectivity index (χ0n) is 11.2. The van der Waals surface area contributed by atoms with Crippen LogP contribution < -0.4 is 0 Å². The number of aliphatic hydroxyl groups excluding tert-OH is 1. The van der Waals surface area contributed by atoms with Gasteiger partial charge in [-0.1, -0.05) is 39.0 Å². The van der Waals surface area contributed by atoms with Crippen LogP contribution in [0, 0.1) is 19.3 Å². The standard InChI is InChI=1S/C15H24O/c1-11-6-7-13(10-12(11)2)14(8-9-16)15(3,4)5/h6-7,10,14,16H,8-9H2,1-5H3. The zero-order valence-corrected chi connectivity index (χ0v) is 11.2. The first-order valence-corrected chi connectivity index (χ1v) is 6.04. The Labute approximate surface area is 99.5 Å². The Morgan fingerprint density at radius 1 is 1.12 bits per heavy atom. The molecule has 0 radical (unpaired) electrons. The van der Waals surface area contributed by atoms with Crippen LogP contribution >= 0.6 is 0 Å². The molecule has 0 saturated heterocycles. The van der Waals surface area contributed by atoms with Gasteiger partial charge in [0.2, 0.25) is 0 Å². The highest BCUT2D eigenvalue weighted by Gasteiger charge is 2.25. The van der Waals surface area contributed by atoms with Crippen LogP contribution in [-0.2, 0) is 0 Å². The van der Waals surface area contributed by atoms with Crippen LogP contribution in [0.15, 0.2) is 18.2 Å². The molecule has 0 aliphatic rings. The minimum Gasteiger partial charge on any atom is -0.396 e. The van der Waals surface area contributed by atoms with E-state index in [1.165, 1.54) is 16.7 Å². The zero-order chi connectivity index (χ0) is 12.3. The van der Waals surface area contributed by atoms with Gasteiger partial charge in [0.25, 0.3) is 0 Å². The Morgan fingerprint density at radius 3 is 2.19 bits per heavy atom. The van der Waals surface area contributed by atoms with E-state index in [2.05, 4.69) is 52.8 Å². The van der Waals surface area contributed by atoms with Crippen LogP contribution in [0.5, 0.6) is 0 Å². The summed E-state index contributed by atoms with van der Waals surface area (Å²) in [5, 5.41) is 9.19. The van der Waals surface area contributed by atoms with E-state index in [-0.39, 0.29) is 12.0 Å². The van der Waals surface area contributed by atoms with Crippen molar-refractivity contribution in [3.63, 3.8) is 0 Å². The van der Waals surface area contributed by atoms with Crippen molar-refractivity contribution in [3.8, 4) is 0 Å². The smallest absolute Gasteiger partial charge is 0.0437 e. The quantitative estimate of drug-likeness (QED) is 0.821. The number of aliphatic hydroxyl groups is 1. The third-order valence-corrected chi connectivity index (χ3v) is 3.40. The van der Waals surface area contributed by atoms with Gasteiger partial charge in [-0.3, -0.25) is 0 Å². The van der Waals surface area contributed by atoms with Crippen molar-refractivity contribution >= 4 is 0 Å². The van der Waals surface area contributed by atoms with E-state index in [4.69, 9.17) is 0 Å². The minimum atomic E-state index is 0.199. The molecule has 1 aromatic rings. The Morgan fingerprint density at radius 2 is 1.75 bits per heavy atom. The maximum atomic E-state index is 9.19. The van der Waals surface area contributed by atoms with Crippen LogP contribution in [0.3, 0.4) is 0 Å². The van der Waals surface area contributed by atoms with E-state index in [0.29, 0.717) is 5.92 Å². The van der Waals surface area contributed by atoms with Gasteiger partial charge in [-0.05, 0) is 48.3 Å². The van der Waals surface area contributed by atoms with E-state index >= 15 is 0 Å². The highest BCUT2D eigenvalue weighted by molar-refractivity contribution is 5.32. The second kappa shape index (κ2) is 5.01. The Hall–Kier alpha value is -0.820. The average molecular weight is 220 g/mol. The Balaban J connectivity index is 3.06. The molecular weight excluding hydrogens is 196 g/mol. The number of aryl methyl sites for hydroxylation is 2. The summed E-state index contributed by atoms with van der Waals surface area (Å²) in [5.41, 5.74) is 4.22. The SMILES string of the molecule is Cc1ccc(C(CCO)C(C)(C)C)cc1C. The van der Waals surface area contributed by atoms with Crippen LogP contribution in [0.4, 0.5) is 0 Å². The number of rotatable bonds is 3. The Bertz CT molecular complexity index is 347. The predicted octanol–water partition coefficient (Wildman–Crippen LogP) is 3.82. The van der Waals surface area contributed by atoms with E-state index < -0.39 is 0 Å². The fraction of sp³-hybridized carbons (Fsp3) is 0.600. The summed E-state index contributed by atoms with van der Waals surface area (Å²) in [6.45, 7) is 11.3. The molecule has 0 aliphatic carbocycles. The van der Waals surface area contributed by atoms with Crippen molar-refractivity contribution < 1.29 is 5.11 Å². The van der Waals surface area contributed by atoms with Gasteiger partial charge in [0.1, 0.15) is 0 Å². The first kappa shape index (κ1) is 13.2. The number of benzene rings is 1. The fourth-order valence-corrected chi connectivity index (χ4v) is 2.21. The minimum absolute atomic E-state index is 0.199. The van der Waals surface area contributed by atoms with Gasteiger partial charge in [0.05, 0.1) is 0 Å². The van der Waals surface area contributed by atoms with Crippen molar-refractivity contribution in [2.75, 3.05) is 6.61 Å². The van der Waals surface area contributed by atoms with E-state index in [1.807, 2.05) is 0 Å². The second-order valence-electron chi connectivity index (χ2n) is 5.77. The molecule has 0 bridgehead atoms. The van der Waals surface area contributed by atoms with Crippen molar-refractivity contribution in [2.24, 2.45) is 5.41 Å². The molecule has 1 aromatic carbocycles. The molecule has 90 valence electrons. The summed E-state index contributed by atoms with van der Waals surface area (Å²) in [5.74, 6) is 0.428. The average Bonchev–Trinajstić information content (AvgIpc) is 2.17. The lowest BCUT2D eigenvalue weighted by Crippen LogP contribution is -2.19. The normalized spacial score (nSPS) is 13.9. The lowest BCUT2D eigenvalue weighted by Gasteiger charge is -2.31. The molecule has 0 spiro atoms. The topological polar surface area (TPSA) is 20.2 Å². The van der Waals surface area contributed by atoms with Crippen LogP contribution in [0.1, 0.15) is 49.8 Å². The monoisotopic (exact) mass is 220 g/mol. The molecule has 0 saturated carbocycles. The van der Waals surface area contributed by atoms with Crippen molar-refractivity contribution in [3.05, 3.63) is 34.9 Å². The first-order chi connectivity index (χ1) is 7.36. The van der Waals surface area contributed by atoms with Gasteiger partial charge in [-0.15, -0.1) is 0 Å². The molecule has 0 fully saturated rings. The molecule has 1 heteroatoms. The van der Waals surface area contributed by atoms with Crippen molar-refractivity contribution in [1.82, 2.24) is 0 Å². The van der Waals surface area contributed by atoms with E-state index in [0.717, 1.165) is 6.42 Å². The van der Waals surface area contributed by atoms with E-state index in [9.17, 15) is 5.11 Å². The first-order valence-electron chi connectivity index (χ1n) is 6.04. The third-order valence-electron chi connectivity index (χ3n) is 3.40. The Kier molecular flexibility index (Phi) is 4.15. The highest BCUT2D eigenvalue weighted by atomic mass is 16.3. The van der Waals surface area contributed by atoms with Gasteiger partial charge in [-0.2, -0.15) is 0 Å². The molecule has 0 aliphatic heterocycles. The lowest BCUT2D eigenvalue weighted by atomic mass is 9.74. The van der Waals surface area contributed by atoms with Crippen molar-refractivity contribution in [2.45, 2.75) is 47.0 Å². The molecule has 1 unspecified atom stereocenters. The van der Waals surface area contributed by atoms with Gasteiger partial charge in [0, 0.05) is 6.61 Å². The van der Waals surface area contributed by atoms with E-state index in [1.54, 1.807) is 0 Å². The lowest BCUT2D eigenvalue weighted by molar-refractivity contribution is 0.223. The summed E-state index contributed by atoms with van der Waals surface area (Å²) >= 11 is 0. The molecule has 1 atom stereocenters. The molecule has 0 heterocycles. The van der Waals surface area contributed by atoms with Crippen LogP contribution in [0.25, 0.3) is 0 Å². The summed E-state index contributed by atoms with van der Waals surface area (Å²) in [7, 11) is 0.